The van der Waals surface area contributed by atoms with Gasteiger partial charge in [0.1, 0.15) is 6.04 Å². The number of hydrogen-bond acceptors (Lipinski definition) is 3. The first-order valence-corrected chi connectivity index (χ1v) is 5.50. The highest BCUT2D eigenvalue weighted by Crippen LogP contribution is 2.21. The van der Waals surface area contributed by atoms with E-state index in [1.54, 1.807) is 0 Å². The van der Waals surface area contributed by atoms with Gasteiger partial charge in [-0.2, -0.15) is 13.2 Å². The maximum absolute atomic E-state index is 11.8. The average Bonchev–Trinajstić information content (AvgIpc) is 2.18. The van der Waals surface area contributed by atoms with Gasteiger partial charge in [-0.05, 0) is 19.4 Å². The molecular weight excluding hydrogens is 253 g/mol. The lowest BCUT2D eigenvalue weighted by Crippen LogP contribution is -2.46. The second-order valence-electron chi connectivity index (χ2n) is 3.87. The first-order valence-electron chi connectivity index (χ1n) is 5.50. The van der Waals surface area contributed by atoms with Crippen LogP contribution in [0.5, 0.6) is 0 Å². The predicted molar refractivity (Wildman–Crippen MR) is 58.0 cm³/mol. The van der Waals surface area contributed by atoms with Crippen LogP contribution in [0.1, 0.15) is 26.2 Å². The molecule has 0 saturated heterocycles. The Morgan fingerprint density at radius 3 is 2.33 bits per heavy atom. The molecule has 0 heterocycles. The van der Waals surface area contributed by atoms with Crippen LogP contribution in [0, 0.1) is 0 Å². The number of nitrogens with one attached hydrogen (secondary N) is 2. The Labute approximate surface area is 103 Å². The van der Waals surface area contributed by atoms with Gasteiger partial charge in [-0.25, -0.2) is 4.79 Å². The molecule has 106 valence electrons. The van der Waals surface area contributed by atoms with Gasteiger partial charge in [-0.3, -0.25) is 4.79 Å². The van der Waals surface area contributed by atoms with Crippen LogP contribution in [0.15, 0.2) is 0 Å². The maximum Gasteiger partial charge on any atom is 0.389 e. The van der Waals surface area contributed by atoms with E-state index in [-0.39, 0.29) is 19.5 Å². The number of aliphatic carboxylic acids is 1. The highest BCUT2D eigenvalue weighted by Gasteiger charge is 2.25. The van der Waals surface area contributed by atoms with Gasteiger partial charge in [0.15, 0.2) is 0 Å². The number of carbonyl (C=O) groups is 2. The van der Waals surface area contributed by atoms with Gasteiger partial charge in [-0.1, -0.05) is 0 Å². The number of carbonyl (C=O) groups excluding carboxylic acids is 1. The molecule has 0 aliphatic carbocycles. The van der Waals surface area contributed by atoms with Crippen molar-refractivity contribution in [2.75, 3.05) is 13.1 Å². The molecule has 0 rings (SSSR count). The van der Waals surface area contributed by atoms with Gasteiger partial charge in [0.05, 0.1) is 0 Å². The van der Waals surface area contributed by atoms with Crippen LogP contribution in [0.25, 0.3) is 0 Å². The van der Waals surface area contributed by atoms with E-state index < -0.39 is 30.5 Å². The van der Waals surface area contributed by atoms with Crippen LogP contribution in [0.4, 0.5) is 13.2 Å². The maximum atomic E-state index is 11.8. The minimum atomic E-state index is -4.15. The molecule has 8 heteroatoms. The third-order valence-electron chi connectivity index (χ3n) is 2.09. The van der Waals surface area contributed by atoms with Crippen molar-refractivity contribution in [3.8, 4) is 0 Å². The molecule has 18 heavy (non-hydrogen) atoms. The Balaban J connectivity index is 3.68. The van der Waals surface area contributed by atoms with E-state index >= 15 is 0 Å². The second kappa shape index (κ2) is 7.91. The predicted octanol–water partition coefficient (Wildman–Crippen LogP) is 0.898. The SMILES string of the molecule is CC(=O)NC(CNCCCCC(F)(F)F)C(=O)O. The third-order valence-corrected chi connectivity index (χ3v) is 2.09. The highest BCUT2D eigenvalue weighted by atomic mass is 19.4. The lowest BCUT2D eigenvalue weighted by atomic mass is 10.2. The van der Waals surface area contributed by atoms with Crippen LogP contribution in [-0.4, -0.2) is 42.3 Å². The van der Waals surface area contributed by atoms with Crippen LogP contribution >= 0.6 is 0 Å². The largest absolute Gasteiger partial charge is 0.480 e. The molecule has 0 saturated carbocycles. The number of rotatable bonds is 8. The fourth-order valence-electron chi connectivity index (χ4n) is 1.27. The molecule has 1 atom stereocenters. The first kappa shape index (κ1) is 16.7. The number of carboxylic acid groups (broad SMARTS) is 1. The number of alkyl halides is 3. The monoisotopic (exact) mass is 270 g/mol. The fraction of sp³-hybridized carbons (Fsp3) is 0.800. The number of hydrogen-bond donors (Lipinski definition) is 3. The van der Waals surface area contributed by atoms with Crippen molar-refractivity contribution in [1.82, 2.24) is 10.6 Å². The van der Waals surface area contributed by atoms with Crippen LogP contribution in [-0.2, 0) is 9.59 Å². The third kappa shape index (κ3) is 9.88. The van der Waals surface area contributed by atoms with E-state index in [1.165, 1.54) is 6.92 Å². The van der Waals surface area contributed by atoms with E-state index in [2.05, 4.69) is 10.6 Å². The molecular formula is C10H17F3N2O3. The minimum Gasteiger partial charge on any atom is -0.480 e. The van der Waals surface area contributed by atoms with Crippen molar-refractivity contribution in [1.29, 1.82) is 0 Å². The highest BCUT2D eigenvalue weighted by molar-refractivity contribution is 5.82. The molecule has 0 aromatic rings. The molecule has 1 unspecified atom stereocenters. The molecule has 3 N–H and O–H groups in total. The van der Waals surface area contributed by atoms with Gasteiger partial charge in [0.2, 0.25) is 5.91 Å². The van der Waals surface area contributed by atoms with E-state index in [0.717, 1.165) is 0 Å². The van der Waals surface area contributed by atoms with Gasteiger partial charge in [0.25, 0.3) is 0 Å². The number of unbranched alkanes of at least 4 members (excludes halogenated alkanes) is 1. The summed E-state index contributed by atoms with van der Waals surface area (Å²) in [6, 6.07) is -1.06. The van der Waals surface area contributed by atoms with Crippen molar-refractivity contribution < 1.29 is 27.9 Å². The average molecular weight is 270 g/mol. The lowest BCUT2D eigenvalue weighted by Gasteiger charge is -2.14. The molecule has 0 aliphatic rings. The van der Waals surface area contributed by atoms with Crippen molar-refractivity contribution in [2.24, 2.45) is 0 Å². The summed E-state index contributed by atoms with van der Waals surface area (Å²) in [5, 5.41) is 13.6. The first-order chi connectivity index (χ1) is 8.22. The van der Waals surface area contributed by atoms with E-state index in [1.807, 2.05) is 0 Å². The van der Waals surface area contributed by atoms with Crippen molar-refractivity contribution in [3.63, 3.8) is 0 Å². The smallest absolute Gasteiger partial charge is 0.389 e. The molecule has 0 aromatic heterocycles. The lowest BCUT2D eigenvalue weighted by molar-refractivity contribution is -0.141. The van der Waals surface area contributed by atoms with E-state index in [0.29, 0.717) is 6.42 Å². The summed E-state index contributed by atoms with van der Waals surface area (Å²) >= 11 is 0. The molecule has 5 nitrogen and oxygen atoms in total. The summed E-state index contributed by atoms with van der Waals surface area (Å²) in [5.41, 5.74) is 0. The number of carboxylic acids is 1. The number of halogens is 3. The molecule has 0 radical (unpaired) electrons. The van der Waals surface area contributed by atoms with Crippen molar-refractivity contribution in [3.05, 3.63) is 0 Å². The van der Waals surface area contributed by atoms with Crippen molar-refractivity contribution >= 4 is 11.9 Å². The van der Waals surface area contributed by atoms with Crippen LogP contribution in [0.3, 0.4) is 0 Å². The standard InChI is InChI=1S/C10H17F3N2O3/c1-7(16)15-8(9(17)18)6-14-5-3-2-4-10(11,12)13/h8,14H,2-6H2,1H3,(H,15,16)(H,17,18). The minimum absolute atomic E-state index is 0.00558. The molecule has 0 fully saturated rings. The Kier molecular flexibility index (Phi) is 7.33. The van der Waals surface area contributed by atoms with E-state index in [4.69, 9.17) is 5.11 Å². The zero-order chi connectivity index (χ0) is 14.2. The van der Waals surface area contributed by atoms with Gasteiger partial charge in [0, 0.05) is 19.9 Å². The van der Waals surface area contributed by atoms with Crippen molar-refractivity contribution in [2.45, 2.75) is 38.4 Å². The van der Waals surface area contributed by atoms with Gasteiger partial charge >= 0.3 is 12.1 Å². The van der Waals surface area contributed by atoms with Gasteiger partial charge < -0.3 is 15.7 Å². The number of amides is 1. The summed E-state index contributed by atoms with van der Waals surface area (Å²) in [4.78, 5) is 21.4. The zero-order valence-corrected chi connectivity index (χ0v) is 10.0. The normalized spacial score (nSPS) is 13.1. The second-order valence-corrected chi connectivity index (χ2v) is 3.87. The molecule has 0 aliphatic heterocycles. The Morgan fingerprint density at radius 1 is 1.28 bits per heavy atom. The molecule has 0 spiro atoms. The Bertz CT molecular complexity index is 282. The Hall–Kier alpha value is -1.31. The summed E-state index contributed by atoms with van der Waals surface area (Å²) in [7, 11) is 0. The quantitative estimate of drug-likeness (QED) is 0.573. The fourth-order valence-corrected chi connectivity index (χ4v) is 1.27. The molecule has 0 bridgehead atoms. The molecule has 0 aromatic carbocycles. The topological polar surface area (TPSA) is 78.4 Å². The summed E-state index contributed by atoms with van der Waals surface area (Å²) < 4.78 is 35.4. The Morgan fingerprint density at radius 2 is 1.89 bits per heavy atom. The summed E-state index contributed by atoms with van der Waals surface area (Å²) in [5.74, 6) is -1.66. The zero-order valence-electron chi connectivity index (χ0n) is 10.0. The van der Waals surface area contributed by atoms with Crippen LogP contribution < -0.4 is 10.6 Å². The van der Waals surface area contributed by atoms with E-state index in [9.17, 15) is 22.8 Å². The summed E-state index contributed by atoms with van der Waals surface area (Å²) in [6.45, 7) is 1.46. The summed E-state index contributed by atoms with van der Waals surface area (Å²) in [6.07, 6.45) is -4.71. The van der Waals surface area contributed by atoms with Gasteiger partial charge in [-0.15, -0.1) is 0 Å². The molecule has 1 amide bonds. The van der Waals surface area contributed by atoms with Crippen LogP contribution in [0.2, 0.25) is 0 Å².